The Bertz CT molecular complexity index is 1320. The molecule has 0 bridgehead atoms. The van der Waals surface area contributed by atoms with Crippen molar-refractivity contribution in [2.24, 2.45) is 0 Å². The number of carbonyl (C=O) groups is 2. The third-order valence-electron chi connectivity index (χ3n) is 9.57. The molecule has 0 saturated carbocycles. The second-order valence-corrected chi connectivity index (χ2v) is 14.1. The van der Waals surface area contributed by atoms with E-state index in [9.17, 15) is 43.2 Å². The minimum absolute atomic E-state index is 0.0712. The number of hydrogen-bond donors (Lipinski definition) is 6. The van der Waals surface area contributed by atoms with Gasteiger partial charge in [0.2, 0.25) is 5.91 Å². The predicted octanol–water partition coefficient (Wildman–Crippen LogP) is 7.32. The average Bonchev–Trinajstić information content (AvgIpc) is 3.08. The molecule has 11 heteroatoms. The zero-order chi connectivity index (χ0) is 37.9. The molecule has 2 aromatic carbocycles. The number of alkyl halides is 3. The van der Waals surface area contributed by atoms with Gasteiger partial charge in [-0.1, -0.05) is 95.0 Å². The number of amides is 2. The molecule has 51 heavy (non-hydrogen) atoms. The van der Waals surface area contributed by atoms with Crippen molar-refractivity contribution in [2.45, 2.75) is 153 Å². The van der Waals surface area contributed by atoms with Crippen LogP contribution >= 0.6 is 0 Å². The molecular weight excluding hydrogens is 661 g/mol. The number of hydrogen-bond acceptors (Lipinski definition) is 6. The minimum Gasteiger partial charge on any atom is -0.390 e. The summed E-state index contributed by atoms with van der Waals surface area (Å²) in [5.74, 6) is -2.14. The van der Waals surface area contributed by atoms with Crippen molar-refractivity contribution >= 4 is 11.8 Å². The van der Waals surface area contributed by atoms with Crippen LogP contribution in [-0.4, -0.2) is 62.7 Å². The van der Waals surface area contributed by atoms with E-state index < -0.39 is 35.5 Å². The molecule has 0 aliphatic carbocycles. The number of halogens is 3. The molecule has 0 aliphatic rings. The molecule has 288 valence electrons. The van der Waals surface area contributed by atoms with Crippen LogP contribution in [0.5, 0.6) is 0 Å². The van der Waals surface area contributed by atoms with Gasteiger partial charge in [-0.3, -0.25) is 9.59 Å². The number of carbonyl (C=O) groups excluding carboxylic acids is 2. The monoisotopic (exact) mass is 722 g/mol. The van der Waals surface area contributed by atoms with Gasteiger partial charge < -0.3 is 31.1 Å². The van der Waals surface area contributed by atoms with Crippen molar-refractivity contribution < 1.29 is 43.2 Å². The number of rotatable bonds is 25. The lowest BCUT2D eigenvalue weighted by Crippen LogP contribution is -2.37. The van der Waals surface area contributed by atoms with Gasteiger partial charge in [-0.2, -0.15) is 13.2 Å². The predicted molar refractivity (Wildman–Crippen MR) is 194 cm³/mol. The number of nitrogens with one attached hydrogen (secondary N) is 2. The molecule has 3 atom stereocenters. The zero-order valence-corrected chi connectivity index (χ0v) is 30.7. The van der Waals surface area contributed by atoms with Gasteiger partial charge in [0.1, 0.15) is 0 Å². The molecule has 2 amide bonds. The van der Waals surface area contributed by atoms with Crippen molar-refractivity contribution in [3.05, 3.63) is 70.8 Å². The molecule has 2 aromatic rings. The van der Waals surface area contributed by atoms with Crippen LogP contribution in [0.1, 0.15) is 145 Å². The van der Waals surface area contributed by atoms with Crippen molar-refractivity contribution in [3.8, 4) is 0 Å². The van der Waals surface area contributed by atoms with Crippen LogP contribution < -0.4 is 10.6 Å². The highest BCUT2D eigenvalue weighted by molar-refractivity contribution is 5.81. The standard InChI is InChI=1S/C40H61F3N2O6/c1-4-20-38(50,21-5-2)24-16-30-11-9-13-32(28-30)34(46)18-26-44-36(48)15-7-8-23-39(51,22-6-3)25-17-31-12-10-14-33(29-31)35(47)19-27-45-37(49)40(41,42)43/h9-14,28-29,34-35,46-47,50-51H,4-8,15-27H2,1-3H3,(H,44,48)(H,45,49)/t34-,35-,39?/m1/s1. The fourth-order valence-corrected chi connectivity index (χ4v) is 6.74. The van der Waals surface area contributed by atoms with Gasteiger partial charge in [0.05, 0.1) is 23.4 Å². The van der Waals surface area contributed by atoms with E-state index in [-0.39, 0.29) is 18.9 Å². The number of benzene rings is 2. The highest BCUT2D eigenvalue weighted by Crippen LogP contribution is 2.29. The van der Waals surface area contributed by atoms with Gasteiger partial charge in [-0.25, -0.2) is 0 Å². The van der Waals surface area contributed by atoms with Crippen molar-refractivity contribution in [1.29, 1.82) is 0 Å². The molecule has 0 heterocycles. The van der Waals surface area contributed by atoms with Crippen LogP contribution in [0.25, 0.3) is 0 Å². The largest absolute Gasteiger partial charge is 0.471 e. The third-order valence-corrected chi connectivity index (χ3v) is 9.57. The maximum Gasteiger partial charge on any atom is 0.471 e. The Labute approximate surface area is 302 Å². The van der Waals surface area contributed by atoms with Crippen LogP contribution in [0.2, 0.25) is 0 Å². The fraction of sp³-hybridized carbons (Fsp3) is 0.650. The first kappa shape index (κ1) is 44.2. The Morgan fingerprint density at radius 3 is 1.57 bits per heavy atom. The lowest BCUT2D eigenvalue weighted by Gasteiger charge is -2.28. The van der Waals surface area contributed by atoms with E-state index in [0.29, 0.717) is 69.9 Å². The lowest BCUT2D eigenvalue weighted by atomic mass is 9.85. The summed E-state index contributed by atoms with van der Waals surface area (Å²) in [5.41, 5.74) is 1.69. The summed E-state index contributed by atoms with van der Waals surface area (Å²) in [6.07, 6.45) is 2.93. The maximum atomic E-state index is 12.5. The molecule has 2 rings (SSSR count). The normalized spacial score (nSPS) is 14.5. The average molecular weight is 723 g/mol. The van der Waals surface area contributed by atoms with E-state index in [1.165, 1.54) is 0 Å². The number of aliphatic hydroxyl groups excluding tert-OH is 2. The van der Waals surface area contributed by atoms with Gasteiger partial charge in [-0.15, -0.1) is 0 Å². The van der Waals surface area contributed by atoms with E-state index in [2.05, 4.69) is 19.2 Å². The summed E-state index contributed by atoms with van der Waals surface area (Å²) >= 11 is 0. The van der Waals surface area contributed by atoms with Gasteiger partial charge in [-0.05, 0) is 92.9 Å². The van der Waals surface area contributed by atoms with Crippen molar-refractivity contribution in [3.63, 3.8) is 0 Å². The van der Waals surface area contributed by atoms with Crippen molar-refractivity contribution in [1.82, 2.24) is 10.6 Å². The quantitative estimate of drug-likeness (QED) is 0.0595. The van der Waals surface area contributed by atoms with Crippen LogP contribution in [0, 0.1) is 0 Å². The van der Waals surface area contributed by atoms with Gasteiger partial charge in [0.25, 0.3) is 0 Å². The second-order valence-electron chi connectivity index (χ2n) is 14.1. The van der Waals surface area contributed by atoms with Crippen LogP contribution in [0.15, 0.2) is 48.5 Å². The Morgan fingerprint density at radius 1 is 0.667 bits per heavy atom. The molecule has 0 saturated heterocycles. The minimum atomic E-state index is -4.97. The summed E-state index contributed by atoms with van der Waals surface area (Å²) in [7, 11) is 0. The fourth-order valence-electron chi connectivity index (χ4n) is 6.74. The smallest absolute Gasteiger partial charge is 0.390 e. The summed E-state index contributed by atoms with van der Waals surface area (Å²) < 4.78 is 37.2. The van der Waals surface area contributed by atoms with Gasteiger partial charge >= 0.3 is 12.1 Å². The van der Waals surface area contributed by atoms with E-state index in [4.69, 9.17) is 0 Å². The lowest BCUT2D eigenvalue weighted by molar-refractivity contribution is -0.173. The highest BCUT2D eigenvalue weighted by Gasteiger charge is 2.38. The number of aliphatic hydroxyl groups is 4. The molecular formula is C40H61F3N2O6. The third kappa shape index (κ3) is 16.9. The van der Waals surface area contributed by atoms with E-state index in [1.807, 2.05) is 37.3 Å². The van der Waals surface area contributed by atoms with Crippen LogP contribution in [-0.2, 0) is 22.4 Å². The SMILES string of the molecule is CCCC(O)(CCC)CCc1cccc([C@H](O)CCNC(=O)CCCCC(O)(CCC)CCc2cccc([C@H](O)CCNC(=O)C(F)(F)F)c2)c1. The molecule has 0 aromatic heterocycles. The maximum absolute atomic E-state index is 12.5. The molecule has 8 nitrogen and oxygen atoms in total. The Hall–Kier alpha value is -2.99. The first-order valence-corrected chi connectivity index (χ1v) is 18.7. The molecule has 0 fully saturated rings. The number of unbranched alkanes of at least 4 members (excludes halogenated alkanes) is 1. The van der Waals surface area contributed by atoms with Gasteiger partial charge in [0.15, 0.2) is 0 Å². The summed E-state index contributed by atoms with van der Waals surface area (Å²) in [4.78, 5) is 23.5. The summed E-state index contributed by atoms with van der Waals surface area (Å²) in [6.45, 7) is 6.18. The first-order chi connectivity index (χ1) is 24.1. The van der Waals surface area contributed by atoms with E-state index in [1.54, 1.807) is 23.5 Å². The Kier molecular flexibility index (Phi) is 19.2. The molecule has 0 spiro atoms. The van der Waals surface area contributed by atoms with E-state index >= 15 is 0 Å². The first-order valence-electron chi connectivity index (χ1n) is 18.7. The molecule has 0 radical (unpaired) electrons. The Balaban J connectivity index is 1.75. The molecule has 0 aliphatic heterocycles. The summed E-state index contributed by atoms with van der Waals surface area (Å²) in [5, 5.41) is 48.2. The molecule has 6 N–H and O–H groups in total. The zero-order valence-electron chi connectivity index (χ0n) is 30.7. The Morgan fingerprint density at radius 2 is 1.12 bits per heavy atom. The van der Waals surface area contributed by atoms with Crippen LogP contribution in [0.3, 0.4) is 0 Å². The second kappa shape index (κ2) is 22.2. The van der Waals surface area contributed by atoms with Gasteiger partial charge in [0, 0.05) is 19.5 Å². The summed E-state index contributed by atoms with van der Waals surface area (Å²) in [6, 6.07) is 14.9. The van der Waals surface area contributed by atoms with Crippen molar-refractivity contribution in [2.75, 3.05) is 13.1 Å². The van der Waals surface area contributed by atoms with Crippen LogP contribution in [0.4, 0.5) is 13.2 Å². The highest BCUT2D eigenvalue weighted by atomic mass is 19.4. The van der Waals surface area contributed by atoms with E-state index in [0.717, 1.165) is 55.2 Å². The number of aryl methyl sites for hydroxylation is 2. The molecule has 1 unspecified atom stereocenters. The topological polar surface area (TPSA) is 139 Å².